The lowest BCUT2D eigenvalue weighted by Crippen LogP contribution is -3.16. The van der Waals surface area contributed by atoms with Crippen molar-refractivity contribution in [2.45, 2.75) is 58.9 Å². The molecule has 2 heterocycles. The van der Waals surface area contributed by atoms with E-state index < -0.39 is 0 Å². The summed E-state index contributed by atoms with van der Waals surface area (Å²) >= 11 is 0. The first-order valence-corrected chi connectivity index (χ1v) is 9.64. The first-order chi connectivity index (χ1) is 12.1. The number of hydrogen-bond donors (Lipinski definition) is 2. The molecule has 25 heavy (non-hydrogen) atoms. The molecule has 1 aliphatic rings. The molecule has 4 nitrogen and oxygen atoms in total. The maximum Gasteiger partial charge on any atom is 0.224 e. The molecular weight excluding hydrogens is 312 g/mol. The summed E-state index contributed by atoms with van der Waals surface area (Å²) in [6, 6.07) is 4.93. The minimum absolute atomic E-state index is 0.0858. The van der Waals surface area contributed by atoms with Crippen LogP contribution < -0.4 is 10.2 Å². The highest BCUT2D eigenvalue weighted by molar-refractivity contribution is 5.89. The highest BCUT2D eigenvalue weighted by atomic mass is 16.3. The molecule has 2 N–H and O–H groups in total. The second-order valence-corrected chi connectivity index (χ2v) is 7.58. The van der Waals surface area contributed by atoms with Crippen LogP contribution in [0.2, 0.25) is 0 Å². The largest absolute Gasteiger partial charge is 0.464 e. The van der Waals surface area contributed by atoms with Gasteiger partial charge in [0.1, 0.15) is 5.58 Å². The van der Waals surface area contributed by atoms with Crippen molar-refractivity contribution in [2.75, 3.05) is 19.6 Å². The van der Waals surface area contributed by atoms with E-state index in [4.69, 9.17) is 4.42 Å². The molecule has 1 saturated heterocycles. The minimum atomic E-state index is 0.0858. The summed E-state index contributed by atoms with van der Waals surface area (Å²) in [6.07, 6.45) is 7.24. The van der Waals surface area contributed by atoms with E-state index in [0.29, 0.717) is 6.42 Å². The number of likely N-dealkylation sites (tertiary alicyclic amines) is 1. The lowest BCUT2D eigenvalue weighted by Gasteiger charge is -2.30. The molecule has 0 aliphatic carbocycles. The molecule has 3 rings (SSSR count). The Balaban J connectivity index is 1.47. The molecule has 2 aromatic rings. The smallest absolute Gasteiger partial charge is 0.224 e. The number of rotatable bonds is 6. The van der Waals surface area contributed by atoms with Gasteiger partial charge in [0.2, 0.25) is 5.91 Å². The minimum Gasteiger partial charge on any atom is -0.464 e. The van der Waals surface area contributed by atoms with Crippen molar-refractivity contribution in [3.63, 3.8) is 0 Å². The van der Waals surface area contributed by atoms with Crippen LogP contribution >= 0.6 is 0 Å². The van der Waals surface area contributed by atoms with Crippen LogP contribution in [0.15, 0.2) is 22.8 Å². The fourth-order valence-electron chi connectivity index (χ4n) is 3.93. The van der Waals surface area contributed by atoms with E-state index in [1.165, 1.54) is 31.4 Å². The van der Waals surface area contributed by atoms with Gasteiger partial charge in [-0.3, -0.25) is 4.79 Å². The van der Waals surface area contributed by atoms with E-state index in [1.807, 2.05) is 0 Å². The number of hydrogen-bond acceptors (Lipinski definition) is 2. The number of aryl methyl sites for hydroxylation is 2. The van der Waals surface area contributed by atoms with Gasteiger partial charge in [0, 0.05) is 23.9 Å². The van der Waals surface area contributed by atoms with E-state index in [2.05, 4.69) is 38.2 Å². The van der Waals surface area contributed by atoms with Crippen molar-refractivity contribution < 1.29 is 14.1 Å². The Bertz CT molecular complexity index is 735. The van der Waals surface area contributed by atoms with Crippen molar-refractivity contribution in [2.24, 2.45) is 0 Å². The Morgan fingerprint density at radius 3 is 2.96 bits per heavy atom. The third kappa shape index (κ3) is 4.24. The van der Waals surface area contributed by atoms with Crippen molar-refractivity contribution in [1.82, 2.24) is 5.32 Å². The highest BCUT2D eigenvalue weighted by Gasteiger charge is 2.21. The summed E-state index contributed by atoms with van der Waals surface area (Å²) in [7, 11) is 0. The number of carbonyl (C=O) groups excluding carboxylic acids is 1. The fourth-order valence-corrected chi connectivity index (χ4v) is 3.93. The Labute approximate surface area is 150 Å². The molecule has 1 unspecified atom stereocenters. The van der Waals surface area contributed by atoms with Crippen LogP contribution in [0.5, 0.6) is 0 Å². The van der Waals surface area contributed by atoms with Crippen LogP contribution in [-0.2, 0) is 11.2 Å². The van der Waals surface area contributed by atoms with Crippen LogP contribution in [0.25, 0.3) is 11.0 Å². The van der Waals surface area contributed by atoms with Crippen LogP contribution in [-0.4, -0.2) is 31.6 Å². The molecule has 1 aromatic heterocycles. The van der Waals surface area contributed by atoms with Gasteiger partial charge in [-0.15, -0.1) is 0 Å². The topological polar surface area (TPSA) is 46.7 Å². The van der Waals surface area contributed by atoms with E-state index in [0.717, 1.165) is 47.6 Å². The second kappa shape index (κ2) is 8.05. The molecular formula is C21H31N2O2+. The van der Waals surface area contributed by atoms with Gasteiger partial charge in [-0.2, -0.15) is 0 Å². The first kappa shape index (κ1) is 18.0. The Hall–Kier alpha value is -1.81. The number of amides is 1. The third-order valence-corrected chi connectivity index (χ3v) is 5.77. The summed E-state index contributed by atoms with van der Waals surface area (Å²) in [5.41, 5.74) is 4.26. The van der Waals surface area contributed by atoms with Crippen LogP contribution in [0, 0.1) is 13.8 Å². The predicted octanol–water partition coefficient (Wildman–Crippen LogP) is 2.56. The van der Waals surface area contributed by atoms with Gasteiger partial charge < -0.3 is 14.6 Å². The zero-order valence-electron chi connectivity index (χ0n) is 15.8. The molecule has 4 heteroatoms. The maximum absolute atomic E-state index is 12.3. The molecule has 2 atom stereocenters. The molecule has 0 radical (unpaired) electrons. The Kier molecular flexibility index (Phi) is 5.79. The van der Waals surface area contributed by atoms with E-state index in [1.54, 1.807) is 11.2 Å². The summed E-state index contributed by atoms with van der Waals surface area (Å²) in [6.45, 7) is 9.71. The van der Waals surface area contributed by atoms with Gasteiger partial charge in [0.05, 0.1) is 31.8 Å². The molecule has 136 valence electrons. The number of piperidine rings is 1. The van der Waals surface area contributed by atoms with Gasteiger partial charge in [0.15, 0.2) is 0 Å². The zero-order chi connectivity index (χ0) is 17.8. The van der Waals surface area contributed by atoms with E-state index in [9.17, 15) is 4.79 Å². The first-order valence-electron chi connectivity index (χ1n) is 9.64. The summed E-state index contributed by atoms with van der Waals surface area (Å²) in [4.78, 5) is 14.0. The van der Waals surface area contributed by atoms with Crippen molar-refractivity contribution in [1.29, 1.82) is 0 Å². The van der Waals surface area contributed by atoms with E-state index in [-0.39, 0.29) is 5.91 Å². The predicted molar refractivity (Wildman–Crippen MR) is 101 cm³/mol. The average Bonchev–Trinajstić information content (AvgIpc) is 3.00. The Morgan fingerprint density at radius 1 is 1.32 bits per heavy atom. The number of quaternary nitrogens is 1. The second-order valence-electron chi connectivity index (χ2n) is 7.58. The molecule has 1 amide bonds. The van der Waals surface area contributed by atoms with Crippen LogP contribution in [0.4, 0.5) is 0 Å². The van der Waals surface area contributed by atoms with Crippen molar-refractivity contribution >= 4 is 16.9 Å². The number of furan rings is 1. The highest BCUT2D eigenvalue weighted by Crippen LogP contribution is 2.26. The molecule has 1 aliphatic heterocycles. The van der Waals surface area contributed by atoms with Crippen LogP contribution in [0.1, 0.15) is 49.3 Å². The van der Waals surface area contributed by atoms with Gasteiger partial charge in [0.25, 0.3) is 0 Å². The van der Waals surface area contributed by atoms with Gasteiger partial charge >= 0.3 is 0 Å². The standard InChI is InChI=1S/C21H30N2O2/c1-15-8-9-19-18(14-25-21(19)17(15)3)13-20(24)22-10-6-12-23-11-5-4-7-16(23)2/h8-9,14,16H,4-7,10-13H2,1-3H3,(H,22,24)/p+1/t16-/m1/s1. The average molecular weight is 343 g/mol. The van der Waals surface area contributed by atoms with Gasteiger partial charge in [-0.05, 0) is 51.2 Å². The summed E-state index contributed by atoms with van der Waals surface area (Å²) < 4.78 is 5.69. The summed E-state index contributed by atoms with van der Waals surface area (Å²) in [5, 5.41) is 4.13. The number of carbonyl (C=O) groups is 1. The molecule has 0 spiro atoms. The van der Waals surface area contributed by atoms with E-state index >= 15 is 0 Å². The summed E-state index contributed by atoms with van der Waals surface area (Å²) in [5.74, 6) is 0.0858. The molecule has 0 bridgehead atoms. The fraction of sp³-hybridized carbons (Fsp3) is 0.571. The van der Waals surface area contributed by atoms with Crippen LogP contribution in [0.3, 0.4) is 0 Å². The van der Waals surface area contributed by atoms with Gasteiger partial charge in [-0.25, -0.2) is 0 Å². The number of benzene rings is 1. The quantitative estimate of drug-likeness (QED) is 0.792. The van der Waals surface area contributed by atoms with Crippen molar-refractivity contribution in [3.05, 3.63) is 35.1 Å². The molecule has 0 saturated carbocycles. The maximum atomic E-state index is 12.3. The monoisotopic (exact) mass is 343 g/mol. The van der Waals surface area contributed by atoms with Gasteiger partial charge in [-0.1, -0.05) is 12.1 Å². The Morgan fingerprint density at radius 2 is 2.16 bits per heavy atom. The third-order valence-electron chi connectivity index (χ3n) is 5.77. The number of fused-ring (bicyclic) bond motifs is 1. The molecule has 1 aromatic carbocycles. The lowest BCUT2D eigenvalue weighted by atomic mass is 10.0. The lowest BCUT2D eigenvalue weighted by molar-refractivity contribution is -0.928. The SMILES string of the molecule is Cc1ccc2c(CC(=O)NCCC[NH+]3CCCC[C@H]3C)coc2c1C. The normalized spacial score (nSPS) is 20.8. The molecule has 1 fully saturated rings. The van der Waals surface area contributed by atoms with Crippen molar-refractivity contribution in [3.8, 4) is 0 Å². The number of nitrogens with one attached hydrogen (secondary N) is 2. The zero-order valence-corrected chi connectivity index (χ0v) is 15.8.